The molecule has 5 nitrogen and oxygen atoms in total. The third-order valence-corrected chi connectivity index (χ3v) is 3.84. The molecule has 2 aromatic carbocycles. The molecule has 0 fully saturated rings. The number of aromatic nitrogens is 1. The Kier molecular flexibility index (Phi) is 4.10. The van der Waals surface area contributed by atoms with Gasteiger partial charge in [0, 0.05) is 10.6 Å². The number of carbonyl (C=O) groups is 1. The second kappa shape index (κ2) is 6.08. The fraction of sp³-hybridized carbons (Fsp3) is 0.0667. The maximum absolute atomic E-state index is 12.6. The van der Waals surface area contributed by atoms with Crippen molar-refractivity contribution in [2.24, 2.45) is 0 Å². The van der Waals surface area contributed by atoms with E-state index in [9.17, 15) is 22.8 Å². The van der Waals surface area contributed by atoms with Crippen molar-refractivity contribution in [2.75, 3.05) is 5.32 Å². The van der Waals surface area contributed by atoms with Crippen molar-refractivity contribution in [1.82, 2.24) is 4.98 Å². The molecule has 1 aromatic heterocycles. The largest absolute Gasteiger partial charge is 0.446 e. The predicted octanol–water partition coefficient (Wildman–Crippen LogP) is 3.99. The lowest BCUT2D eigenvalue weighted by Gasteiger charge is -2.11. The molecule has 0 saturated carbocycles. The van der Waals surface area contributed by atoms with Gasteiger partial charge in [0.15, 0.2) is 5.58 Å². The van der Waals surface area contributed by atoms with Crippen molar-refractivity contribution in [3.05, 3.63) is 58.6 Å². The van der Waals surface area contributed by atoms with Crippen molar-refractivity contribution in [3.8, 4) is 0 Å². The summed E-state index contributed by atoms with van der Waals surface area (Å²) >= 11 is -0.351. The molecule has 0 spiro atoms. The summed E-state index contributed by atoms with van der Waals surface area (Å²) in [6.07, 6.45) is 0. The van der Waals surface area contributed by atoms with Gasteiger partial charge in [-0.25, -0.2) is 4.79 Å². The molecule has 3 rings (SSSR count). The van der Waals surface area contributed by atoms with E-state index in [2.05, 4.69) is 10.3 Å². The second-order valence-electron chi connectivity index (χ2n) is 4.72. The Morgan fingerprint density at radius 2 is 1.92 bits per heavy atom. The first-order chi connectivity index (χ1) is 11.3. The van der Waals surface area contributed by atoms with E-state index < -0.39 is 17.2 Å². The van der Waals surface area contributed by atoms with Crippen molar-refractivity contribution in [3.63, 3.8) is 0 Å². The number of halogens is 3. The number of carbonyl (C=O) groups excluding carboxylic acids is 1. The Bertz CT molecular complexity index is 962. The smallest absolute Gasteiger partial charge is 0.408 e. The lowest BCUT2D eigenvalue weighted by Crippen LogP contribution is -2.14. The first kappa shape index (κ1) is 16.2. The normalized spacial score (nSPS) is 11.6. The Hall–Kier alpha value is -2.68. The number of H-pyrrole nitrogens is 1. The highest BCUT2D eigenvalue weighted by molar-refractivity contribution is 8.00. The first-order valence-electron chi connectivity index (χ1n) is 6.61. The number of alkyl halides is 3. The van der Waals surface area contributed by atoms with Gasteiger partial charge < -0.3 is 9.73 Å². The van der Waals surface area contributed by atoms with Gasteiger partial charge in [-0.3, -0.25) is 9.78 Å². The van der Waals surface area contributed by atoms with Gasteiger partial charge in [0.1, 0.15) is 0 Å². The van der Waals surface area contributed by atoms with Gasteiger partial charge >= 0.3 is 11.3 Å². The quantitative estimate of drug-likeness (QED) is 0.698. The van der Waals surface area contributed by atoms with Gasteiger partial charge in [-0.15, -0.1) is 0 Å². The number of oxazole rings is 1. The number of anilines is 1. The van der Waals surface area contributed by atoms with Crippen LogP contribution in [0.25, 0.3) is 11.1 Å². The Balaban J connectivity index is 1.87. The molecule has 0 radical (unpaired) electrons. The molecule has 124 valence electrons. The Labute approximate surface area is 136 Å². The Morgan fingerprint density at radius 1 is 1.17 bits per heavy atom. The molecule has 0 bridgehead atoms. The summed E-state index contributed by atoms with van der Waals surface area (Å²) in [7, 11) is 0. The molecule has 2 N–H and O–H groups in total. The summed E-state index contributed by atoms with van der Waals surface area (Å²) in [6, 6.07) is 9.85. The monoisotopic (exact) mass is 354 g/mol. The number of nitrogens with one attached hydrogen (secondary N) is 2. The molecule has 0 saturated heterocycles. The van der Waals surface area contributed by atoms with E-state index in [1.807, 2.05) is 0 Å². The van der Waals surface area contributed by atoms with Crippen LogP contribution in [0.5, 0.6) is 0 Å². The minimum Gasteiger partial charge on any atom is -0.408 e. The summed E-state index contributed by atoms with van der Waals surface area (Å²) in [5.41, 5.74) is -3.59. The number of thioether (sulfide) groups is 1. The molecule has 9 heteroatoms. The average molecular weight is 354 g/mol. The fourth-order valence-electron chi connectivity index (χ4n) is 2.10. The van der Waals surface area contributed by atoms with Crippen LogP contribution in [0.2, 0.25) is 0 Å². The van der Waals surface area contributed by atoms with Gasteiger partial charge in [-0.1, -0.05) is 12.1 Å². The number of benzene rings is 2. The van der Waals surface area contributed by atoms with E-state index in [1.165, 1.54) is 42.5 Å². The van der Waals surface area contributed by atoms with E-state index in [0.717, 1.165) is 0 Å². The molecule has 0 aliphatic rings. The van der Waals surface area contributed by atoms with E-state index in [1.54, 1.807) is 0 Å². The van der Waals surface area contributed by atoms with Crippen LogP contribution < -0.4 is 11.1 Å². The van der Waals surface area contributed by atoms with E-state index >= 15 is 0 Å². The fourth-order valence-corrected chi connectivity index (χ4v) is 2.76. The van der Waals surface area contributed by atoms with Crippen LogP contribution in [0.3, 0.4) is 0 Å². The predicted molar refractivity (Wildman–Crippen MR) is 83.1 cm³/mol. The van der Waals surface area contributed by atoms with Gasteiger partial charge in [0.05, 0.1) is 11.1 Å². The number of rotatable bonds is 3. The molecule has 3 aromatic rings. The molecule has 0 unspecified atom stereocenters. The lowest BCUT2D eigenvalue weighted by atomic mass is 10.2. The summed E-state index contributed by atoms with van der Waals surface area (Å²) in [6.45, 7) is 0. The lowest BCUT2D eigenvalue weighted by molar-refractivity contribution is -0.0328. The molecule has 1 amide bonds. The van der Waals surface area contributed by atoms with Crippen LogP contribution in [0.4, 0.5) is 18.9 Å². The van der Waals surface area contributed by atoms with Gasteiger partial charge in [-0.05, 0) is 42.1 Å². The maximum atomic E-state index is 12.6. The number of aromatic amines is 1. The summed E-state index contributed by atoms with van der Waals surface area (Å²) in [5.74, 6) is -1.33. The highest BCUT2D eigenvalue weighted by Gasteiger charge is 2.31. The number of hydrogen-bond acceptors (Lipinski definition) is 4. The SMILES string of the molecule is O=C(Nc1ccc2oc(=O)[nH]c2c1)c1ccccc1SC(F)(F)F. The van der Waals surface area contributed by atoms with E-state index in [-0.39, 0.29) is 22.2 Å². The molecule has 0 aliphatic carbocycles. The van der Waals surface area contributed by atoms with Crippen LogP contribution in [-0.2, 0) is 0 Å². The average Bonchev–Trinajstić information content (AvgIpc) is 2.85. The van der Waals surface area contributed by atoms with Crippen LogP contribution in [0, 0.1) is 0 Å². The number of hydrogen-bond donors (Lipinski definition) is 2. The number of amides is 1. The third-order valence-electron chi connectivity index (χ3n) is 3.03. The molecular weight excluding hydrogens is 345 g/mol. The third kappa shape index (κ3) is 3.62. The molecule has 0 aliphatic heterocycles. The summed E-state index contributed by atoms with van der Waals surface area (Å²) < 4.78 is 42.6. The van der Waals surface area contributed by atoms with Crippen molar-refractivity contribution in [1.29, 1.82) is 0 Å². The van der Waals surface area contributed by atoms with Crippen LogP contribution >= 0.6 is 11.8 Å². The van der Waals surface area contributed by atoms with Crippen molar-refractivity contribution in [2.45, 2.75) is 10.4 Å². The topological polar surface area (TPSA) is 75.1 Å². The zero-order valence-corrected chi connectivity index (χ0v) is 12.6. The van der Waals surface area contributed by atoms with E-state index in [0.29, 0.717) is 16.8 Å². The van der Waals surface area contributed by atoms with Crippen LogP contribution in [0.15, 0.2) is 56.6 Å². The minimum absolute atomic E-state index is 0.0967. The van der Waals surface area contributed by atoms with Crippen LogP contribution in [-0.4, -0.2) is 16.4 Å². The van der Waals surface area contributed by atoms with Gasteiger partial charge in [0.2, 0.25) is 0 Å². The zero-order chi connectivity index (χ0) is 17.3. The van der Waals surface area contributed by atoms with Gasteiger partial charge in [0.25, 0.3) is 5.91 Å². The minimum atomic E-state index is -4.49. The van der Waals surface area contributed by atoms with Crippen LogP contribution in [0.1, 0.15) is 10.4 Å². The highest BCUT2D eigenvalue weighted by atomic mass is 32.2. The second-order valence-corrected chi connectivity index (χ2v) is 5.83. The molecule has 1 heterocycles. The van der Waals surface area contributed by atoms with E-state index in [4.69, 9.17) is 4.42 Å². The zero-order valence-electron chi connectivity index (χ0n) is 11.8. The molecule has 24 heavy (non-hydrogen) atoms. The molecule has 0 atom stereocenters. The highest BCUT2D eigenvalue weighted by Crippen LogP contribution is 2.38. The van der Waals surface area contributed by atoms with Crippen molar-refractivity contribution < 1.29 is 22.4 Å². The Morgan fingerprint density at radius 3 is 2.67 bits per heavy atom. The number of fused-ring (bicyclic) bond motifs is 1. The standard InChI is InChI=1S/C15H9F3N2O3S/c16-15(17,18)24-12-4-2-1-3-9(12)13(21)19-8-5-6-11-10(7-8)20-14(22)23-11/h1-7H,(H,19,21)(H,20,22). The maximum Gasteiger partial charge on any atom is 0.446 e. The molecular formula is C15H9F3N2O3S. The first-order valence-corrected chi connectivity index (χ1v) is 7.42. The van der Waals surface area contributed by atoms with Gasteiger partial charge in [-0.2, -0.15) is 13.2 Å². The summed E-state index contributed by atoms with van der Waals surface area (Å²) in [4.78, 5) is 25.6. The summed E-state index contributed by atoms with van der Waals surface area (Å²) in [5, 5.41) is 2.50. The van der Waals surface area contributed by atoms with Crippen molar-refractivity contribution >= 4 is 34.5 Å².